The van der Waals surface area contributed by atoms with Gasteiger partial charge in [0, 0.05) is 25.3 Å². The Morgan fingerprint density at radius 3 is 2.90 bits per heavy atom. The molecule has 2 unspecified atom stereocenters. The zero-order valence-corrected chi connectivity index (χ0v) is 12.6. The number of fused-ring (bicyclic) bond motifs is 1. The maximum atomic E-state index is 11.0. The van der Waals surface area contributed by atoms with E-state index in [1.54, 1.807) is 6.92 Å². The maximum Gasteiger partial charge on any atom is 0.339 e. The number of likely N-dealkylation sites (tertiary alicyclic amines) is 1. The number of aromatic carboxylic acids is 1. The van der Waals surface area contributed by atoms with Crippen LogP contribution in [0.5, 0.6) is 0 Å². The minimum Gasteiger partial charge on any atom is -0.478 e. The molecule has 6 heteroatoms. The lowest BCUT2D eigenvalue weighted by atomic mass is 9.84. The van der Waals surface area contributed by atoms with Crippen LogP contribution in [0.1, 0.15) is 35.3 Å². The predicted octanol–water partition coefficient (Wildman–Crippen LogP) is 1.40. The van der Waals surface area contributed by atoms with Crippen LogP contribution in [0.25, 0.3) is 0 Å². The van der Waals surface area contributed by atoms with E-state index in [2.05, 4.69) is 26.8 Å². The van der Waals surface area contributed by atoms with Crippen molar-refractivity contribution < 1.29 is 9.90 Å². The summed E-state index contributed by atoms with van der Waals surface area (Å²) in [6, 6.07) is 0.675. The molecule has 114 valence electrons. The summed E-state index contributed by atoms with van der Waals surface area (Å²) in [6.45, 7) is 4.85. The molecule has 2 saturated heterocycles. The molecule has 0 amide bonds. The average Bonchev–Trinajstić information content (AvgIpc) is 2.46. The minimum atomic E-state index is -0.966. The molecule has 0 spiro atoms. The van der Waals surface area contributed by atoms with Gasteiger partial charge in [0.1, 0.15) is 0 Å². The van der Waals surface area contributed by atoms with Crippen LogP contribution in [0.4, 0.5) is 5.95 Å². The van der Waals surface area contributed by atoms with Gasteiger partial charge in [-0.1, -0.05) is 0 Å². The molecule has 2 atom stereocenters. The van der Waals surface area contributed by atoms with Crippen LogP contribution in [0.3, 0.4) is 0 Å². The summed E-state index contributed by atoms with van der Waals surface area (Å²) < 4.78 is 0. The Balaban J connectivity index is 1.76. The number of hydrogen-bond acceptors (Lipinski definition) is 5. The van der Waals surface area contributed by atoms with Crippen LogP contribution in [-0.4, -0.2) is 58.7 Å². The number of rotatable bonds is 2. The lowest BCUT2D eigenvalue weighted by Gasteiger charge is -2.46. The third-order valence-corrected chi connectivity index (χ3v) is 4.83. The van der Waals surface area contributed by atoms with Gasteiger partial charge in [-0.3, -0.25) is 0 Å². The lowest BCUT2D eigenvalue weighted by Crippen LogP contribution is -2.53. The van der Waals surface area contributed by atoms with Gasteiger partial charge in [0.05, 0.1) is 11.3 Å². The lowest BCUT2D eigenvalue weighted by molar-refractivity contribution is 0.0695. The zero-order chi connectivity index (χ0) is 15.0. The van der Waals surface area contributed by atoms with Crippen molar-refractivity contribution in [2.45, 2.75) is 32.2 Å². The van der Waals surface area contributed by atoms with Crippen LogP contribution < -0.4 is 4.90 Å². The number of carboxylic acid groups (broad SMARTS) is 1. The normalized spacial score (nSPS) is 26.5. The van der Waals surface area contributed by atoms with E-state index in [0.717, 1.165) is 19.5 Å². The number of carbonyl (C=O) groups is 1. The highest BCUT2D eigenvalue weighted by molar-refractivity contribution is 5.88. The third-order valence-electron chi connectivity index (χ3n) is 4.83. The molecule has 2 aliphatic rings. The van der Waals surface area contributed by atoms with Crippen molar-refractivity contribution in [2.75, 3.05) is 31.6 Å². The van der Waals surface area contributed by atoms with E-state index < -0.39 is 5.97 Å². The van der Waals surface area contributed by atoms with Crippen LogP contribution in [0.15, 0.2) is 6.20 Å². The number of anilines is 1. The maximum absolute atomic E-state index is 11.0. The zero-order valence-electron chi connectivity index (χ0n) is 12.6. The van der Waals surface area contributed by atoms with Crippen molar-refractivity contribution in [2.24, 2.45) is 5.92 Å². The Morgan fingerprint density at radius 1 is 1.38 bits per heavy atom. The van der Waals surface area contributed by atoms with E-state index in [1.807, 2.05) is 0 Å². The Kier molecular flexibility index (Phi) is 3.80. The Labute approximate surface area is 124 Å². The molecule has 0 radical (unpaired) electrons. The van der Waals surface area contributed by atoms with E-state index in [0.29, 0.717) is 23.6 Å². The second-order valence-electron chi connectivity index (χ2n) is 6.16. The molecule has 1 N–H and O–H groups in total. The highest BCUT2D eigenvalue weighted by Crippen LogP contribution is 2.30. The van der Waals surface area contributed by atoms with Crippen molar-refractivity contribution in [3.8, 4) is 0 Å². The summed E-state index contributed by atoms with van der Waals surface area (Å²) in [4.78, 5) is 24.4. The smallest absolute Gasteiger partial charge is 0.339 e. The van der Waals surface area contributed by atoms with Crippen molar-refractivity contribution in [3.63, 3.8) is 0 Å². The van der Waals surface area contributed by atoms with Gasteiger partial charge in [-0.05, 0) is 45.7 Å². The standard InChI is InChI=1S/C15H22N4O2/c1-10-12(14(20)21)8-16-15(17-10)19-7-5-13-11(9-19)4-3-6-18(13)2/h8,11,13H,3-7,9H2,1-2H3,(H,20,21). The second-order valence-corrected chi connectivity index (χ2v) is 6.16. The quantitative estimate of drug-likeness (QED) is 0.888. The molecule has 0 aliphatic carbocycles. The number of hydrogen-bond donors (Lipinski definition) is 1. The van der Waals surface area contributed by atoms with Crippen molar-refractivity contribution in [3.05, 3.63) is 17.5 Å². The summed E-state index contributed by atoms with van der Waals surface area (Å²) >= 11 is 0. The fourth-order valence-corrected chi connectivity index (χ4v) is 3.65. The van der Waals surface area contributed by atoms with E-state index >= 15 is 0 Å². The van der Waals surface area contributed by atoms with E-state index in [-0.39, 0.29) is 5.56 Å². The summed E-state index contributed by atoms with van der Waals surface area (Å²) in [5.41, 5.74) is 0.724. The number of aromatic nitrogens is 2. The second kappa shape index (κ2) is 5.60. The van der Waals surface area contributed by atoms with Crippen molar-refractivity contribution in [1.29, 1.82) is 0 Å². The largest absolute Gasteiger partial charge is 0.478 e. The molecule has 1 aromatic heterocycles. The molecule has 0 saturated carbocycles. The van der Waals surface area contributed by atoms with Gasteiger partial charge in [0.25, 0.3) is 0 Å². The fourth-order valence-electron chi connectivity index (χ4n) is 3.65. The molecule has 1 aromatic rings. The number of aryl methyl sites for hydroxylation is 1. The van der Waals surface area contributed by atoms with Crippen LogP contribution in [0, 0.1) is 12.8 Å². The molecule has 3 rings (SSSR count). The highest BCUT2D eigenvalue weighted by Gasteiger charge is 2.35. The topological polar surface area (TPSA) is 69.6 Å². The number of piperidine rings is 2. The first-order valence-electron chi connectivity index (χ1n) is 7.58. The van der Waals surface area contributed by atoms with Gasteiger partial charge in [0.2, 0.25) is 5.95 Å². The van der Waals surface area contributed by atoms with Gasteiger partial charge in [-0.25, -0.2) is 14.8 Å². The number of nitrogens with zero attached hydrogens (tertiary/aromatic N) is 4. The Morgan fingerprint density at radius 2 is 2.19 bits per heavy atom. The molecule has 3 heterocycles. The monoisotopic (exact) mass is 290 g/mol. The SMILES string of the molecule is Cc1nc(N2CCC3C(CCCN3C)C2)ncc1C(=O)O. The van der Waals surface area contributed by atoms with Crippen LogP contribution in [-0.2, 0) is 0 Å². The van der Waals surface area contributed by atoms with E-state index in [9.17, 15) is 4.79 Å². The Bertz CT molecular complexity index is 548. The summed E-state index contributed by atoms with van der Waals surface area (Å²) in [5.74, 6) is 0.372. The highest BCUT2D eigenvalue weighted by atomic mass is 16.4. The van der Waals surface area contributed by atoms with Crippen LogP contribution in [0.2, 0.25) is 0 Å². The first kappa shape index (κ1) is 14.3. The Hall–Kier alpha value is -1.69. The predicted molar refractivity (Wildman–Crippen MR) is 79.7 cm³/mol. The van der Waals surface area contributed by atoms with Gasteiger partial charge in [-0.15, -0.1) is 0 Å². The molecule has 6 nitrogen and oxygen atoms in total. The third kappa shape index (κ3) is 2.72. The molecule has 0 aromatic carbocycles. The molecule has 0 bridgehead atoms. The van der Waals surface area contributed by atoms with Gasteiger partial charge >= 0.3 is 5.97 Å². The van der Waals surface area contributed by atoms with Crippen molar-refractivity contribution >= 4 is 11.9 Å². The summed E-state index contributed by atoms with van der Waals surface area (Å²) in [6.07, 6.45) is 5.07. The molecule has 21 heavy (non-hydrogen) atoms. The summed E-state index contributed by atoms with van der Waals surface area (Å²) in [5, 5.41) is 9.05. The minimum absolute atomic E-state index is 0.186. The molecule has 2 fully saturated rings. The van der Waals surface area contributed by atoms with Gasteiger partial charge < -0.3 is 14.9 Å². The first-order valence-corrected chi connectivity index (χ1v) is 7.58. The number of carboxylic acids is 1. The first-order chi connectivity index (χ1) is 10.1. The molecule has 2 aliphatic heterocycles. The fraction of sp³-hybridized carbons (Fsp3) is 0.667. The summed E-state index contributed by atoms with van der Waals surface area (Å²) in [7, 11) is 2.22. The molecular weight excluding hydrogens is 268 g/mol. The van der Waals surface area contributed by atoms with E-state index in [1.165, 1.54) is 25.6 Å². The van der Waals surface area contributed by atoms with E-state index in [4.69, 9.17) is 5.11 Å². The van der Waals surface area contributed by atoms with Gasteiger partial charge in [0.15, 0.2) is 0 Å². The molecular formula is C15H22N4O2. The van der Waals surface area contributed by atoms with Crippen LogP contribution >= 0.6 is 0 Å². The average molecular weight is 290 g/mol. The van der Waals surface area contributed by atoms with Gasteiger partial charge in [-0.2, -0.15) is 0 Å². The van der Waals surface area contributed by atoms with Crippen molar-refractivity contribution in [1.82, 2.24) is 14.9 Å².